The second-order valence-electron chi connectivity index (χ2n) is 6.06. The van der Waals surface area contributed by atoms with Crippen LogP contribution in [0.15, 0.2) is 42.7 Å². The second-order valence-corrected chi connectivity index (χ2v) is 6.06. The van der Waals surface area contributed by atoms with Crippen molar-refractivity contribution >= 4 is 5.82 Å². The fourth-order valence-corrected chi connectivity index (χ4v) is 2.92. The third kappa shape index (κ3) is 3.45. The molecule has 0 saturated carbocycles. The second kappa shape index (κ2) is 6.88. The van der Waals surface area contributed by atoms with Crippen molar-refractivity contribution in [2.45, 2.75) is 32.4 Å². The van der Waals surface area contributed by atoms with E-state index in [4.69, 9.17) is 0 Å². The molecule has 0 N–H and O–H groups in total. The highest BCUT2D eigenvalue weighted by atomic mass is 15.2. The lowest BCUT2D eigenvalue weighted by molar-refractivity contribution is 0.248. The maximum atomic E-state index is 4.63. The molecule has 0 aliphatic carbocycles. The maximum absolute atomic E-state index is 4.63. The lowest BCUT2D eigenvalue weighted by Crippen LogP contribution is -2.23. The Morgan fingerprint density at radius 1 is 1.14 bits per heavy atom. The molecule has 0 spiro atoms. The zero-order valence-electron chi connectivity index (χ0n) is 13.4. The highest BCUT2D eigenvalue weighted by molar-refractivity contribution is 5.40. The Labute approximate surface area is 132 Å². The number of nitrogens with zero attached hydrogens (tertiary/aromatic N) is 4. The summed E-state index contributed by atoms with van der Waals surface area (Å²) in [5.41, 5.74) is 2.35. The van der Waals surface area contributed by atoms with Crippen molar-refractivity contribution < 1.29 is 0 Å². The fraction of sp³-hybridized carbons (Fsp3) is 0.444. The van der Waals surface area contributed by atoms with Gasteiger partial charge in [0.05, 0.1) is 5.69 Å². The third-order valence-corrected chi connectivity index (χ3v) is 4.45. The molecule has 0 bridgehead atoms. The molecule has 1 fully saturated rings. The van der Waals surface area contributed by atoms with E-state index in [-0.39, 0.29) is 0 Å². The van der Waals surface area contributed by atoms with Gasteiger partial charge in [0.2, 0.25) is 0 Å². The summed E-state index contributed by atoms with van der Waals surface area (Å²) in [7, 11) is 2.13. The van der Waals surface area contributed by atoms with Gasteiger partial charge in [-0.15, -0.1) is 0 Å². The highest BCUT2D eigenvalue weighted by Gasteiger charge is 2.15. The van der Waals surface area contributed by atoms with Gasteiger partial charge in [0.1, 0.15) is 5.82 Å². The van der Waals surface area contributed by atoms with Crippen LogP contribution in [0.2, 0.25) is 0 Å². The molecule has 0 aromatic carbocycles. The summed E-state index contributed by atoms with van der Waals surface area (Å²) in [6.45, 7) is 5.35. The molecule has 0 amide bonds. The fourth-order valence-electron chi connectivity index (χ4n) is 2.92. The molecule has 2 aromatic rings. The Balaban J connectivity index is 1.62. The molecule has 1 aliphatic heterocycles. The monoisotopic (exact) mass is 296 g/mol. The van der Waals surface area contributed by atoms with Crippen LogP contribution in [0.1, 0.15) is 37.1 Å². The Bertz CT molecular complexity index is 576. The standard InChI is InChI=1S/C18H24N4/c1-15(17-7-3-4-10-19-17)21(2)14-16-8-9-18(20-13-16)22-11-5-6-12-22/h3-4,7-10,13,15H,5-6,11-12,14H2,1-2H3/t15-/m1/s1. The van der Waals surface area contributed by atoms with Crippen LogP contribution >= 0.6 is 0 Å². The van der Waals surface area contributed by atoms with E-state index in [9.17, 15) is 0 Å². The maximum Gasteiger partial charge on any atom is 0.128 e. The number of anilines is 1. The molecule has 0 radical (unpaired) electrons. The first kappa shape index (κ1) is 15.0. The molecule has 1 atom stereocenters. The summed E-state index contributed by atoms with van der Waals surface area (Å²) < 4.78 is 0. The SMILES string of the molecule is C[C@H](c1ccccn1)N(C)Cc1ccc(N2CCCC2)nc1. The Morgan fingerprint density at radius 2 is 1.95 bits per heavy atom. The minimum absolute atomic E-state index is 0.291. The number of rotatable bonds is 5. The van der Waals surface area contributed by atoms with Gasteiger partial charge >= 0.3 is 0 Å². The molecular weight excluding hydrogens is 272 g/mol. The van der Waals surface area contributed by atoms with Crippen LogP contribution in [0.5, 0.6) is 0 Å². The minimum Gasteiger partial charge on any atom is -0.357 e. The summed E-state index contributed by atoms with van der Waals surface area (Å²) >= 11 is 0. The predicted molar refractivity (Wildman–Crippen MR) is 89.8 cm³/mol. The van der Waals surface area contributed by atoms with Crippen molar-refractivity contribution in [3.63, 3.8) is 0 Å². The number of hydrogen-bond donors (Lipinski definition) is 0. The summed E-state index contributed by atoms with van der Waals surface area (Å²) in [6, 6.07) is 10.7. The van der Waals surface area contributed by atoms with Gasteiger partial charge in [0.25, 0.3) is 0 Å². The first-order valence-electron chi connectivity index (χ1n) is 8.05. The van der Waals surface area contributed by atoms with E-state index in [0.717, 1.165) is 31.1 Å². The molecule has 22 heavy (non-hydrogen) atoms. The van der Waals surface area contributed by atoms with Gasteiger partial charge in [-0.3, -0.25) is 9.88 Å². The Morgan fingerprint density at radius 3 is 2.59 bits per heavy atom. The molecule has 3 rings (SSSR count). The quantitative estimate of drug-likeness (QED) is 0.847. The van der Waals surface area contributed by atoms with Crippen LogP contribution in [0.4, 0.5) is 5.82 Å². The summed E-state index contributed by atoms with van der Waals surface area (Å²) in [4.78, 5) is 13.7. The zero-order valence-corrected chi connectivity index (χ0v) is 13.4. The topological polar surface area (TPSA) is 32.3 Å². The number of hydrogen-bond acceptors (Lipinski definition) is 4. The average Bonchev–Trinajstić information content (AvgIpc) is 3.10. The first-order chi connectivity index (χ1) is 10.7. The van der Waals surface area contributed by atoms with Crippen molar-refractivity contribution in [2.24, 2.45) is 0 Å². The lowest BCUT2D eigenvalue weighted by Gasteiger charge is -2.24. The normalized spacial score (nSPS) is 16.2. The van der Waals surface area contributed by atoms with E-state index < -0.39 is 0 Å². The van der Waals surface area contributed by atoms with E-state index in [1.165, 1.54) is 18.4 Å². The largest absolute Gasteiger partial charge is 0.357 e. The van der Waals surface area contributed by atoms with Gasteiger partial charge in [-0.1, -0.05) is 12.1 Å². The number of aromatic nitrogens is 2. The first-order valence-corrected chi connectivity index (χ1v) is 8.05. The van der Waals surface area contributed by atoms with Crippen LogP contribution in [0.3, 0.4) is 0 Å². The van der Waals surface area contributed by atoms with Gasteiger partial charge in [-0.25, -0.2) is 4.98 Å². The summed E-state index contributed by atoms with van der Waals surface area (Å²) in [5.74, 6) is 1.11. The molecule has 0 unspecified atom stereocenters. The molecule has 2 aromatic heterocycles. The van der Waals surface area contributed by atoms with Gasteiger partial charge in [-0.2, -0.15) is 0 Å². The van der Waals surface area contributed by atoms with Crippen LogP contribution in [-0.2, 0) is 6.54 Å². The van der Waals surface area contributed by atoms with Gasteiger partial charge in [-0.05, 0) is 50.6 Å². The summed E-state index contributed by atoms with van der Waals surface area (Å²) in [6.07, 6.45) is 6.43. The average molecular weight is 296 g/mol. The van der Waals surface area contributed by atoms with Gasteiger partial charge in [0.15, 0.2) is 0 Å². The molecule has 3 heterocycles. The Hall–Kier alpha value is -1.94. The van der Waals surface area contributed by atoms with E-state index in [2.05, 4.69) is 51.9 Å². The van der Waals surface area contributed by atoms with Crippen LogP contribution < -0.4 is 4.90 Å². The molecule has 116 valence electrons. The predicted octanol–water partition coefficient (Wildman–Crippen LogP) is 3.27. The highest BCUT2D eigenvalue weighted by Crippen LogP contribution is 2.20. The minimum atomic E-state index is 0.291. The van der Waals surface area contributed by atoms with Crippen molar-refractivity contribution in [1.29, 1.82) is 0 Å². The van der Waals surface area contributed by atoms with Crippen LogP contribution in [0, 0.1) is 0 Å². The van der Waals surface area contributed by atoms with E-state index in [1.807, 2.05) is 24.5 Å². The van der Waals surface area contributed by atoms with Crippen LogP contribution in [-0.4, -0.2) is 35.0 Å². The molecule has 4 heteroatoms. The lowest BCUT2D eigenvalue weighted by atomic mass is 10.1. The molecular formula is C18H24N4. The van der Waals surface area contributed by atoms with E-state index in [1.54, 1.807) is 0 Å². The van der Waals surface area contributed by atoms with E-state index >= 15 is 0 Å². The zero-order chi connectivity index (χ0) is 15.4. The smallest absolute Gasteiger partial charge is 0.128 e. The number of pyridine rings is 2. The van der Waals surface area contributed by atoms with E-state index in [0.29, 0.717) is 6.04 Å². The van der Waals surface area contributed by atoms with Gasteiger partial charge < -0.3 is 4.90 Å². The molecule has 1 saturated heterocycles. The molecule has 1 aliphatic rings. The van der Waals surface area contributed by atoms with Crippen molar-refractivity contribution in [1.82, 2.24) is 14.9 Å². The van der Waals surface area contributed by atoms with Crippen molar-refractivity contribution in [3.05, 3.63) is 54.0 Å². The van der Waals surface area contributed by atoms with Gasteiger partial charge in [0, 0.05) is 38.1 Å². The molecule has 4 nitrogen and oxygen atoms in total. The van der Waals surface area contributed by atoms with Crippen LogP contribution in [0.25, 0.3) is 0 Å². The van der Waals surface area contributed by atoms with Crippen molar-refractivity contribution in [3.8, 4) is 0 Å². The third-order valence-electron chi connectivity index (χ3n) is 4.45. The van der Waals surface area contributed by atoms with Crippen molar-refractivity contribution in [2.75, 3.05) is 25.0 Å². The summed E-state index contributed by atoms with van der Waals surface area (Å²) in [5, 5.41) is 0. The Kier molecular flexibility index (Phi) is 4.68.